The first-order valence-electron chi connectivity index (χ1n) is 20.6. The molecule has 0 unspecified atom stereocenters. The van der Waals surface area contributed by atoms with Crippen LogP contribution in [0.25, 0.3) is 106 Å². The Morgan fingerprint density at radius 2 is 0.984 bits per heavy atom. The fourth-order valence-corrected chi connectivity index (χ4v) is 9.23. The van der Waals surface area contributed by atoms with Crippen molar-refractivity contribution >= 4 is 32.9 Å². The van der Waals surface area contributed by atoms with Crippen LogP contribution in [0.15, 0.2) is 192 Å². The lowest BCUT2D eigenvalue weighted by Gasteiger charge is -2.22. The molecule has 3 aromatic heterocycles. The largest absolute Gasteiger partial charge is 0.435 e. The smallest absolute Gasteiger partial charge is 0.238 e. The van der Waals surface area contributed by atoms with Crippen LogP contribution in [0.1, 0.15) is 25.0 Å². The van der Waals surface area contributed by atoms with E-state index in [4.69, 9.17) is 24.4 Å². The summed E-state index contributed by atoms with van der Waals surface area (Å²) in [6.07, 6.45) is 0. The molecule has 0 N–H and O–H groups in total. The minimum absolute atomic E-state index is 0.225. The lowest BCUT2D eigenvalue weighted by molar-refractivity contribution is 0.618. The minimum atomic E-state index is -0.225. The van der Waals surface area contributed by atoms with Crippen LogP contribution in [0.3, 0.4) is 0 Å². The van der Waals surface area contributed by atoms with E-state index in [2.05, 4.69) is 170 Å². The number of hydrogen-bond donors (Lipinski definition) is 0. The van der Waals surface area contributed by atoms with Gasteiger partial charge in [-0.1, -0.05) is 159 Å². The molecule has 0 radical (unpaired) electrons. The Balaban J connectivity index is 0.958. The van der Waals surface area contributed by atoms with Crippen LogP contribution in [0.4, 0.5) is 0 Å². The van der Waals surface area contributed by atoms with Gasteiger partial charge in [0.05, 0.1) is 11.0 Å². The zero-order chi connectivity index (χ0) is 40.7. The van der Waals surface area contributed by atoms with Gasteiger partial charge in [0.25, 0.3) is 0 Å². The van der Waals surface area contributed by atoms with Gasteiger partial charge < -0.3 is 4.42 Å². The summed E-state index contributed by atoms with van der Waals surface area (Å²) in [6.45, 7) is 4.60. The van der Waals surface area contributed by atoms with Gasteiger partial charge in [0, 0.05) is 38.4 Å². The van der Waals surface area contributed by atoms with Crippen molar-refractivity contribution in [2.24, 2.45) is 0 Å². The fraction of sp³-hybridized carbons (Fsp3) is 0.0545. The molecular weight excluding hydrogens is 747 g/mol. The third-order valence-electron chi connectivity index (χ3n) is 12.3. The number of benzene rings is 8. The summed E-state index contributed by atoms with van der Waals surface area (Å²) in [5.41, 5.74) is 15.7. The predicted molar refractivity (Wildman–Crippen MR) is 246 cm³/mol. The first-order valence-corrected chi connectivity index (χ1v) is 20.6. The molecule has 0 fully saturated rings. The van der Waals surface area contributed by atoms with E-state index in [1.54, 1.807) is 0 Å². The van der Waals surface area contributed by atoms with Gasteiger partial charge >= 0.3 is 0 Å². The number of rotatable bonds is 6. The van der Waals surface area contributed by atoms with E-state index in [0.717, 1.165) is 77.4 Å². The summed E-state index contributed by atoms with van der Waals surface area (Å²) >= 11 is 0. The molecule has 3 heterocycles. The van der Waals surface area contributed by atoms with Gasteiger partial charge in [0.1, 0.15) is 5.52 Å². The van der Waals surface area contributed by atoms with E-state index < -0.39 is 0 Å². The third-order valence-corrected chi connectivity index (χ3v) is 12.3. The van der Waals surface area contributed by atoms with Gasteiger partial charge in [-0.25, -0.2) is 9.97 Å². The minimum Gasteiger partial charge on any atom is -0.435 e. The number of aromatic nitrogens is 5. The van der Waals surface area contributed by atoms with E-state index >= 15 is 0 Å². The van der Waals surface area contributed by atoms with Gasteiger partial charge in [0.2, 0.25) is 11.8 Å². The van der Waals surface area contributed by atoms with E-state index in [1.807, 2.05) is 36.4 Å². The van der Waals surface area contributed by atoms with Crippen LogP contribution in [-0.2, 0) is 5.41 Å². The Bertz CT molecular complexity index is 3440. The SMILES string of the molecule is CC1(C)c2cc(-c3ccc(-c4nc(-c5cccc(-c6ccccc6)c5)nc(-n5c6ccccc6c6ccccc65)n4)cc3)ccc2-c2c1ccc1nc(-c3ccccc3)oc21. The normalized spacial score (nSPS) is 12.9. The van der Waals surface area contributed by atoms with Crippen LogP contribution in [0.2, 0.25) is 0 Å². The zero-order valence-electron chi connectivity index (χ0n) is 33.5. The second kappa shape index (κ2) is 13.5. The standard InChI is InChI=1S/C55H37N5O/c1-55(2)44-30-31-46-50(61-53(56-46)37-16-7-4-8-17-37)49(44)43-29-28-39(33-45(43)55)35-24-26-36(27-25-35)51-57-52(40-19-13-18-38(32-40)34-14-5-3-6-15-34)59-54(58-51)60-47-22-11-9-20-41(47)42-21-10-12-23-48(42)60/h3-33H,1-2H3. The van der Waals surface area contributed by atoms with Crippen molar-refractivity contribution < 1.29 is 4.42 Å². The molecule has 1 aliphatic rings. The molecule has 1 aliphatic carbocycles. The molecule has 0 saturated heterocycles. The number of oxazole rings is 1. The summed E-state index contributed by atoms with van der Waals surface area (Å²) in [5.74, 6) is 2.43. The van der Waals surface area contributed by atoms with Crippen LogP contribution >= 0.6 is 0 Å². The topological polar surface area (TPSA) is 69.6 Å². The molecule has 61 heavy (non-hydrogen) atoms. The summed E-state index contributed by atoms with van der Waals surface area (Å²) in [5, 5.41) is 2.31. The number of fused-ring (bicyclic) bond motifs is 8. The van der Waals surface area contributed by atoms with Crippen molar-refractivity contribution in [3.05, 3.63) is 199 Å². The molecular formula is C55H37N5O. The molecule has 12 rings (SSSR count). The third kappa shape index (κ3) is 5.64. The van der Waals surface area contributed by atoms with E-state index in [-0.39, 0.29) is 5.41 Å². The molecule has 6 nitrogen and oxygen atoms in total. The van der Waals surface area contributed by atoms with Crippen LogP contribution in [-0.4, -0.2) is 24.5 Å². The number of nitrogens with zero attached hydrogens (tertiary/aromatic N) is 5. The molecule has 0 amide bonds. The second-order valence-electron chi connectivity index (χ2n) is 16.3. The maximum Gasteiger partial charge on any atom is 0.238 e. The maximum atomic E-state index is 6.53. The van der Waals surface area contributed by atoms with Crippen molar-refractivity contribution in [1.82, 2.24) is 24.5 Å². The average Bonchev–Trinajstić information content (AvgIpc) is 3.98. The molecule has 288 valence electrons. The molecule has 6 heteroatoms. The lowest BCUT2D eigenvalue weighted by Crippen LogP contribution is -2.14. The summed E-state index contributed by atoms with van der Waals surface area (Å²) in [7, 11) is 0. The highest BCUT2D eigenvalue weighted by molar-refractivity contribution is 6.09. The van der Waals surface area contributed by atoms with Gasteiger partial charge in [0.15, 0.2) is 17.2 Å². The molecule has 11 aromatic rings. The van der Waals surface area contributed by atoms with Crippen molar-refractivity contribution in [2.45, 2.75) is 19.3 Å². The molecule has 0 aliphatic heterocycles. The second-order valence-corrected chi connectivity index (χ2v) is 16.3. The van der Waals surface area contributed by atoms with E-state index in [0.29, 0.717) is 23.5 Å². The Kier molecular flexibility index (Phi) is 7.78. The maximum absolute atomic E-state index is 6.53. The highest BCUT2D eigenvalue weighted by Crippen LogP contribution is 2.52. The Morgan fingerprint density at radius 1 is 0.426 bits per heavy atom. The van der Waals surface area contributed by atoms with Crippen molar-refractivity contribution in [3.8, 4) is 73.6 Å². The Hall–Kier alpha value is -7.96. The molecule has 0 spiro atoms. The van der Waals surface area contributed by atoms with Gasteiger partial charge in [-0.3, -0.25) is 4.57 Å². The molecule has 8 aromatic carbocycles. The van der Waals surface area contributed by atoms with Gasteiger partial charge in [-0.2, -0.15) is 9.97 Å². The lowest BCUT2D eigenvalue weighted by atomic mass is 9.81. The van der Waals surface area contributed by atoms with Crippen LogP contribution in [0.5, 0.6) is 0 Å². The average molecular weight is 784 g/mol. The van der Waals surface area contributed by atoms with E-state index in [1.165, 1.54) is 16.7 Å². The zero-order valence-corrected chi connectivity index (χ0v) is 33.5. The monoisotopic (exact) mass is 783 g/mol. The summed E-state index contributed by atoms with van der Waals surface area (Å²) < 4.78 is 8.69. The van der Waals surface area contributed by atoms with Gasteiger partial charge in [-0.05, 0) is 81.4 Å². The highest BCUT2D eigenvalue weighted by atomic mass is 16.3. The molecule has 0 saturated carbocycles. The van der Waals surface area contributed by atoms with Crippen molar-refractivity contribution in [2.75, 3.05) is 0 Å². The Labute approximate surface area is 352 Å². The van der Waals surface area contributed by atoms with E-state index in [9.17, 15) is 0 Å². The quantitative estimate of drug-likeness (QED) is 0.168. The first-order chi connectivity index (χ1) is 30.0. The van der Waals surface area contributed by atoms with Crippen molar-refractivity contribution in [3.63, 3.8) is 0 Å². The predicted octanol–water partition coefficient (Wildman–Crippen LogP) is 13.8. The Morgan fingerprint density at radius 3 is 1.70 bits per heavy atom. The number of hydrogen-bond acceptors (Lipinski definition) is 5. The van der Waals surface area contributed by atoms with Crippen molar-refractivity contribution in [1.29, 1.82) is 0 Å². The number of para-hydroxylation sites is 2. The first kappa shape index (κ1) is 35.0. The van der Waals surface area contributed by atoms with Crippen LogP contribution in [0, 0.1) is 0 Å². The highest BCUT2D eigenvalue weighted by Gasteiger charge is 2.38. The molecule has 0 bridgehead atoms. The summed E-state index contributed by atoms with van der Waals surface area (Å²) in [4.78, 5) is 20.5. The van der Waals surface area contributed by atoms with Crippen LogP contribution < -0.4 is 0 Å². The summed E-state index contributed by atoms with van der Waals surface area (Å²) in [6, 6.07) is 65.6. The van der Waals surface area contributed by atoms with Gasteiger partial charge in [-0.15, -0.1) is 0 Å². The molecule has 0 atom stereocenters. The fourth-order valence-electron chi connectivity index (χ4n) is 9.23.